The van der Waals surface area contributed by atoms with Crippen molar-refractivity contribution >= 4 is 5.69 Å². The molecule has 112 valence electrons. The van der Waals surface area contributed by atoms with Gasteiger partial charge < -0.3 is 10.0 Å². The normalized spacial score (nSPS) is 12.2. The van der Waals surface area contributed by atoms with Crippen LogP contribution >= 0.6 is 0 Å². The summed E-state index contributed by atoms with van der Waals surface area (Å²) in [5, 5.41) is 10.2. The smallest absolute Gasteiger partial charge is 0.123 e. The third-order valence-corrected chi connectivity index (χ3v) is 3.73. The molecule has 3 heteroatoms. The highest BCUT2D eigenvalue weighted by Gasteiger charge is 2.11. The second-order valence-electron chi connectivity index (χ2n) is 5.57. The van der Waals surface area contributed by atoms with Gasteiger partial charge in [0.2, 0.25) is 0 Å². The van der Waals surface area contributed by atoms with Gasteiger partial charge in [0.25, 0.3) is 0 Å². The number of aliphatic hydroxyl groups excluding tert-OH is 1. The molecule has 0 aliphatic heterocycles. The molecule has 0 fully saturated rings. The number of rotatable bonds is 5. The zero-order valence-electron chi connectivity index (χ0n) is 12.8. The first kappa shape index (κ1) is 15.5. The van der Waals surface area contributed by atoms with E-state index in [1.54, 1.807) is 12.1 Å². The summed E-state index contributed by atoms with van der Waals surface area (Å²) in [5.41, 5.74) is 4.25. The molecular formula is C18H22FNO. The third-order valence-electron chi connectivity index (χ3n) is 3.73. The predicted molar refractivity (Wildman–Crippen MR) is 85.2 cm³/mol. The number of hydrogen-bond acceptors (Lipinski definition) is 2. The summed E-state index contributed by atoms with van der Waals surface area (Å²) in [6.45, 7) is 4.87. The average molecular weight is 287 g/mol. The zero-order chi connectivity index (χ0) is 15.4. The van der Waals surface area contributed by atoms with Crippen LogP contribution in [0, 0.1) is 19.7 Å². The first-order valence-electron chi connectivity index (χ1n) is 7.19. The van der Waals surface area contributed by atoms with Gasteiger partial charge in [-0.3, -0.25) is 0 Å². The minimum atomic E-state index is -0.645. The summed E-state index contributed by atoms with van der Waals surface area (Å²) >= 11 is 0. The Morgan fingerprint density at radius 1 is 1.14 bits per heavy atom. The van der Waals surface area contributed by atoms with E-state index in [1.807, 2.05) is 7.05 Å². The topological polar surface area (TPSA) is 23.5 Å². The molecule has 0 spiro atoms. The Hall–Kier alpha value is -1.87. The van der Waals surface area contributed by atoms with Crippen LogP contribution in [0.2, 0.25) is 0 Å². The second kappa shape index (κ2) is 6.72. The lowest BCUT2D eigenvalue weighted by Gasteiger charge is -2.23. The first-order valence-corrected chi connectivity index (χ1v) is 7.19. The number of hydrogen-bond donors (Lipinski definition) is 1. The van der Waals surface area contributed by atoms with Gasteiger partial charge in [-0.2, -0.15) is 0 Å². The van der Waals surface area contributed by atoms with Crippen molar-refractivity contribution in [2.75, 3.05) is 18.5 Å². The SMILES string of the molecule is Cc1ccc(N(C)CCC(O)c2cccc(F)c2)c(C)c1. The van der Waals surface area contributed by atoms with Crippen molar-refractivity contribution in [1.82, 2.24) is 0 Å². The quantitative estimate of drug-likeness (QED) is 0.898. The highest BCUT2D eigenvalue weighted by atomic mass is 19.1. The number of nitrogens with zero attached hydrogens (tertiary/aromatic N) is 1. The maximum absolute atomic E-state index is 13.2. The molecule has 0 saturated heterocycles. The number of aryl methyl sites for hydroxylation is 2. The Labute approximate surface area is 125 Å². The second-order valence-corrected chi connectivity index (χ2v) is 5.57. The van der Waals surface area contributed by atoms with Gasteiger partial charge in [-0.15, -0.1) is 0 Å². The summed E-state index contributed by atoms with van der Waals surface area (Å²) in [4.78, 5) is 2.12. The molecule has 0 heterocycles. The fourth-order valence-corrected chi connectivity index (χ4v) is 2.55. The zero-order valence-corrected chi connectivity index (χ0v) is 12.8. The van der Waals surface area contributed by atoms with Crippen LogP contribution in [0.1, 0.15) is 29.2 Å². The standard InChI is InChI=1S/C18H22FNO/c1-13-7-8-17(14(2)11-13)20(3)10-9-18(21)15-5-4-6-16(19)12-15/h4-8,11-12,18,21H,9-10H2,1-3H3. The molecule has 2 aromatic carbocycles. The van der Waals surface area contributed by atoms with Gasteiger partial charge in [0.1, 0.15) is 5.82 Å². The van der Waals surface area contributed by atoms with Crippen molar-refractivity contribution in [3.8, 4) is 0 Å². The van der Waals surface area contributed by atoms with Gasteiger partial charge in [-0.25, -0.2) is 4.39 Å². The van der Waals surface area contributed by atoms with E-state index in [2.05, 4.69) is 36.9 Å². The lowest BCUT2D eigenvalue weighted by Crippen LogP contribution is -2.21. The van der Waals surface area contributed by atoms with Crippen molar-refractivity contribution in [3.63, 3.8) is 0 Å². The Morgan fingerprint density at radius 2 is 1.90 bits per heavy atom. The van der Waals surface area contributed by atoms with Gasteiger partial charge >= 0.3 is 0 Å². The van der Waals surface area contributed by atoms with E-state index < -0.39 is 6.10 Å². The Balaban J connectivity index is 1.99. The van der Waals surface area contributed by atoms with Crippen LogP contribution in [0.3, 0.4) is 0 Å². The van der Waals surface area contributed by atoms with Crippen LogP contribution in [0.4, 0.5) is 10.1 Å². The fraction of sp³-hybridized carbons (Fsp3) is 0.333. The van der Waals surface area contributed by atoms with E-state index in [9.17, 15) is 9.50 Å². The fourth-order valence-electron chi connectivity index (χ4n) is 2.55. The average Bonchev–Trinajstić information content (AvgIpc) is 2.44. The van der Waals surface area contributed by atoms with Crippen molar-refractivity contribution < 1.29 is 9.50 Å². The van der Waals surface area contributed by atoms with Gasteiger partial charge in [-0.1, -0.05) is 29.8 Å². The molecule has 1 atom stereocenters. The molecule has 1 unspecified atom stereocenters. The summed E-state index contributed by atoms with van der Waals surface area (Å²) in [6.07, 6.45) is -0.0818. The van der Waals surface area contributed by atoms with Crippen molar-refractivity contribution in [3.05, 3.63) is 65.0 Å². The maximum atomic E-state index is 13.2. The summed E-state index contributed by atoms with van der Waals surface area (Å²) < 4.78 is 13.2. The molecule has 0 aliphatic carbocycles. The third kappa shape index (κ3) is 4.05. The molecular weight excluding hydrogens is 265 g/mol. The number of benzene rings is 2. The minimum Gasteiger partial charge on any atom is -0.388 e. The van der Waals surface area contributed by atoms with Crippen LogP contribution in [0.15, 0.2) is 42.5 Å². The van der Waals surface area contributed by atoms with Crippen LogP contribution < -0.4 is 4.90 Å². The molecule has 21 heavy (non-hydrogen) atoms. The van der Waals surface area contributed by atoms with E-state index in [0.717, 1.165) is 5.69 Å². The molecule has 0 aliphatic rings. The van der Waals surface area contributed by atoms with E-state index in [1.165, 1.54) is 23.3 Å². The van der Waals surface area contributed by atoms with Crippen LogP contribution in [0.5, 0.6) is 0 Å². The Morgan fingerprint density at radius 3 is 2.57 bits per heavy atom. The maximum Gasteiger partial charge on any atom is 0.123 e. The molecule has 0 amide bonds. The lowest BCUT2D eigenvalue weighted by atomic mass is 10.1. The van der Waals surface area contributed by atoms with Crippen LogP contribution in [0.25, 0.3) is 0 Å². The first-order chi connectivity index (χ1) is 9.97. The van der Waals surface area contributed by atoms with Crippen molar-refractivity contribution in [2.24, 2.45) is 0 Å². The molecule has 0 radical (unpaired) electrons. The van der Waals surface area contributed by atoms with Gasteiger partial charge in [-0.05, 0) is 49.6 Å². The van der Waals surface area contributed by atoms with Crippen molar-refractivity contribution in [1.29, 1.82) is 0 Å². The number of anilines is 1. The van der Waals surface area contributed by atoms with Gasteiger partial charge in [0.05, 0.1) is 6.10 Å². The van der Waals surface area contributed by atoms with Crippen LogP contribution in [-0.4, -0.2) is 18.7 Å². The monoisotopic (exact) mass is 287 g/mol. The van der Waals surface area contributed by atoms with E-state index in [-0.39, 0.29) is 5.82 Å². The van der Waals surface area contributed by atoms with Crippen LogP contribution in [-0.2, 0) is 0 Å². The lowest BCUT2D eigenvalue weighted by molar-refractivity contribution is 0.169. The molecule has 2 rings (SSSR count). The van der Waals surface area contributed by atoms with Gasteiger partial charge in [0, 0.05) is 19.3 Å². The molecule has 1 N–H and O–H groups in total. The van der Waals surface area contributed by atoms with E-state index in [0.29, 0.717) is 18.5 Å². The summed E-state index contributed by atoms with van der Waals surface area (Å²) in [7, 11) is 2.01. The summed E-state index contributed by atoms with van der Waals surface area (Å²) in [5.74, 6) is -0.311. The molecule has 0 aromatic heterocycles. The molecule has 0 bridgehead atoms. The van der Waals surface area contributed by atoms with Gasteiger partial charge in [0.15, 0.2) is 0 Å². The Kier molecular flexibility index (Phi) is 4.97. The van der Waals surface area contributed by atoms with E-state index >= 15 is 0 Å². The highest BCUT2D eigenvalue weighted by Crippen LogP contribution is 2.23. The molecule has 2 nitrogen and oxygen atoms in total. The molecule has 2 aromatic rings. The van der Waals surface area contributed by atoms with Crippen molar-refractivity contribution in [2.45, 2.75) is 26.4 Å². The summed E-state index contributed by atoms with van der Waals surface area (Å²) in [6, 6.07) is 12.5. The highest BCUT2D eigenvalue weighted by molar-refractivity contribution is 5.53. The minimum absolute atomic E-state index is 0.311. The Bertz CT molecular complexity index is 612. The predicted octanol–water partition coefficient (Wildman–Crippen LogP) is 4.00. The number of halogens is 1. The number of aliphatic hydroxyl groups is 1. The largest absolute Gasteiger partial charge is 0.388 e. The van der Waals surface area contributed by atoms with E-state index in [4.69, 9.17) is 0 Å². The molecule has 0 saturated carbocycles.